The Labute approximate surface area is 216 Å². The average molecular weight is 499 g/mol. The Morgan fingerprint density at radius 1 is 1.00 bits per heavy atom. The Balaban J connectivity index is 1.49. The molecule has 5 rings (SSSR count). The molecule has 36 heavy (non-hydrogen) atoms. The molecular formula is C29H30N4O2S. The van der Waals surface area contributed by atoms with E-state index in [-0.39, 0.29) is 5.91 Å². The van der Waals surface area contributed by atoms with Crippen molar-refractivity contribution < 1.29 is 9.53 Å². The number of nitrogens with one attached hydrogen (secondary N) is 1. The van der Waals surface area contributed by atoms with Crippen molar-refractivity contribution in [3.63, 3.8) is 0 Å². The van der Waals surface area contributed by atoms with Gasteiger partial charge in [0.05, 0.1) is 25.3 Å². The van der Waals surface area contributed by atoms with Crippen LogP contribution in [0.2, 0.25) is 0 Å². The Morgan fingerprint density at radius 2 is 1.75 bits per heavy atom. The Kier molecular flexibility index (Phi) is 7.60. The number of rotatable bonds is 7. The second kappa shape index (κ2) is 11.2. The number of amides is 1. The summed E-state index contributed by atoms with van der Waals surface area (Å²) in [5.74, 6) is 0.692. The van der Waals surface area contributed by atoms with E-state index >= 15 is 0 Å². The summed E-state index contributed by atoms with van der Waals surface area (Å²) in [7, 11) is 0. The van der Waals surface area contributed by atoms with Gasteiger partial charge in [-0.2, -0.15) is 0 Å². The van der Waals surface area contributed by atoms with Crippen molar-refractivity contribution in [1.29, 1.82) is 0 Å². The van der Waals surface area contributed by atoms with Gasteiger partial charge in [0.15, 0.2) is 0 Å². The molecule has 2 heterocycles. The van der Waals surface area contributed by atoms with Gasteiger partial charge in [0.25, 0.3) is 0 Å². The number of carbonyl (C=O) groups is 1. The number of para-hydroxylation sites is 1. The van der Waals surface area contributed by atoms with Gasteiger partial charge in [-0.3, -0.25) is 9.69 Å². The summed E-state index contributed by atoms with van der Waals surface area (Å²) in [5, 5.41) is 4.47. The van der Waals surface area contributed by atoms with Crippen LogP contribution in [0.1, 0.15) is 27.8 Å². The molecule has 0 saturated carbocycles. The van der Waals surface area contributed by atoms with E-state index in [1.54, 1.807) is 0 Å². The third kappa shape index (κ3) is 5.75. The Morgan fingerprint density at radius 3 is 2.56 bits per heavy atom. The van der Waals surface area contributed by atoms with Gasteiger partial charge in [0.1, 0.15) is 16.1 Å². The van der Waals surface area contributed by atoms with Crippen LogP contribution in [0.15, 0.2) is 77.8 Å². The second-order valence-electron chi connectivity index (χ2n) is 9.07. The van der Waals surface area contributed by atoms with E-state index in [0.717, 1.165) is 70.4 Å². The van der Waals surface area contributed by atoms with E-state index < -0.39 is 5.25 Å². The summed E-state index contributed by atoms with van der Waals surface area (Å²) in [5.41, 5.74) is 4.80. The zero-order chi connectivity index (χ0) is 24.9. The lowest BCUT2D eigenvalue weighted by molar-refractivity contribution is -0.115. The van der Waals surface area contributed by atoms with Crippen LogP contribution in [0.3, 0.4) is 0 Å². The minimum Gasteiger partial charge on any atom is -0.379 e. The molecule has 0 aliphatic carbocycles. The fraction of sp³-hybridized carbons (Fsp3) is 0.276. The number of benzene rings is 3. The van der Waals surface area contributed by atoms with Crippen LogP contribution in [0.4, 0.5) is 5.69 Å². The molecule has 1 aliphatic heterocycles. The van der Waals surface area contributed by atoms with E-state index in [1.165, 1.54) is 11.8 Å². The maximum Gasteiger partial charge on any atom is 0.242 e. The highest BCUT2D eigenvalue weighted by Gasteiger charge is 2.25. The van der Waals surface area contributed by atoms with Gasteiger partial charge in [-0.05, 0) is 42.7 Å². The monoisotopic (exact) mass is 498 g/mol. The molecule has 1 unspecified atom stereocenters. The fourth-order valence-electron chi connectivity index (χ4n) is 4.29. The van der Waals surface area contributed by atoms with Crippen molar-refractivity contribution in [3.05, 3.63) is 95.3 Å². The molecule has 1 saturated heterocycles. The maximum atomic E-state index is 13.7. The SMILES string of the molecule is Cc1ccc(C)c(NC(=O)C(Sc2nc(CN3CCOCC3)nc3ccccc23)c2ccccc2)c1. The van der Waals surface area contributed by atoms with Crippen molar-refractivity contribution in [2.75, 3.05) is 31.6 Å². The van der Waals surface area contributed by atoms with E-state index in [9.17, 15) is 4.79 Å². The molecule has 1 aromatic heterocycles. The zero-order valence-corrected chi connectivity index (χ0v) is 21.4. The van der Waals surface area contributed by atoms with Crippen LogP contribution in [0, 0.1) is 13.8 Å². The van der Waals surface area contributed by atoms with Crippen molar-refractivity contribution in [2.24, 2.45) is 0 Å². The van der Waals surface area contributed by atoms with Gasteiger partial charge in [-0.15, -0.1) is 0 Å². The van der Waals surface area contributed by atoms with Crippen LogP contribution >= 0.6 is 11.8 Å². The number of carbonyl (C=O) groups excluding carboxylic acids is 1. The topological polar surface area (TPSA) is 67.4 Å². The van der Waals surface area contributed by atoms with Crippen LogP contribution in [0.25, 0.3) is 10.9 Å². The Bertz CT molecular complexity index is 1360. The molecule has 4 aromatic rings. The van der Waals surface area contributed by atoms with Crippen LogP contribution in [0.5, 0.6) is 0 Å². The summed E-state index contributed by atoms with van der Waals surface area (Å²) in [6.07, 6.45) is 0. The summed E-state index contributed by atoms with van der Waals surface area (Å²) >= 11 is 1.48. The number of aryl methyl sites for hydroxylation is 2. The lowest BCUT2D eigenvalue weighted by Crippen LogP contribution is -2.36. The number of morpholine rings is 1. The van der Waals surface area contributed by atoms with Crippen molar-refractivity contribution in [3.8, 4) is 0 Å². The standard InChI is InChI=1S/C29H30N4O2S/c1-20-12-13-21(2)25(18-20)31-28(34)27(22-8-4-3-5-9-22)36-29-23-10-6-7-11-24(23)30-26(32-29)19-33-14-16-35-17-15-33/h3-13,18,27H,14-17,19H2,1-2H3,(H,31,34). The first kappa shape index (κ1) is 24.4. The first-order valence-electron chi connectivity index (χ1n) is 12.2. The van der Waals surface area contributed by atoms with E-state index in [4.69, 9.17) is 14.7 Å². The summed E-state index contributed by atoms with van der Waals surface area (Å²) in [6, 6.07) is 24.0. The third-order valence-electron chi connectivity index (χ3n) is 6.30. The fourth-order valence-corrected chi connectivity index (χ4v) is 5.43. The Hall–Kier alpha value is -3.26. The van der Waals surface area contributed by atoms with Crippen molar-refractivity contribution >= 4 is 34.3 Å². The summed E-state index contributed by atoms with van der Waals surface area (Å²) < 4.78 is 5.49. The normalized spacial score (nSPS) is 15.1. The quantitative estimate of drug-likeness (QED) is 0.266. The molecule has 1 atom stereocenters. The number of hydrogen-bond acceptors (Lipinski definition) is 6. The third-order valence-corrected chi connectivity index (χ3v) is 7.56. The maximum absolute atomic E-state index is 13.7. The number of nitrogens with zero attached hydrogens (tertiary/aromatic N) is 3. The van der Waals surface area contributed by atoms with E-state index in [0.29, 0.717) is 6.54 Å². The molecule has 1 N–H and O–H groups in total. The van der Waals surface area contributed by atoms with Crippen molar-refractivity contribution in [2.45, 2.75) is 30.7 Å². The summed E-state index contributed by atoms with van der Waals surface area (Å²) in [6.45, 7) is 7.88. The second-order valence-corrected chi connectivity index (χ2v) is 10.2. The van der Waals surface area contributed by atoms with Crippen LogP contribution in [-0.4, -0.2) is 47.1 Å². The highest BCUT2D eigenvalue weighted by molar-refractivity contribution is 8.00. The van der Waals surface area contributed by atoms with Gasteiger partial charge in [-0.25, -0.2) is 9.97 Å². The predicted molar refractivity (Wildman–Crippen MR) is 145 cm³/mol. The van der Waals surface area contributed by atoms with Gasteiger partial charge in [0.2, 0.25) is 5.91 Å². The molecule has 6 nitrogen and oxygen atoms in total. The number of thioether (sulfide) groups is 1. The molecule has 184 valence electrons. The minimum atomic E-state index is -0.472. The lowest BCUT2D eigenvalue weighted by Gasteiger charge is -2.26. The number of anilines is 1. The highest BCUT2D eigenvalue weighted by Crippen LogP contribution is 2.38. The zero-order valence-electron chi connectivity index (χ0n) is 20.6. The number of hydrogen-bond donors (Lipinski definition) is 1. The smallest absolute Gasteiger partial charge is 0.242 e. The van der Waals surface area contributed by atoms with Crippen LogP contribution < -0.4 is 5.32 Å². The van der Waals surface area contributed by atoms with E-state index in [1.807, 2.05) is 80.6 Å². The molecule has 1 amide bonds. The largest absolute Gasteiger partial charge is 0.379 e. The first-order chi connectivity index (χ1) is 17.6. The molecule has 0 bridgehead atoms. The average Bonchev–Trinajstić information content (AvgIpc) is 2.90. The van der Waals surface area contributed by atoms with E-state index in [2.05, 4.69) is 16.3 Å². The molecule has 0 spiro atoms. The minimum absolute atomic E-state index is 0.0719. The summed E-state index contributed by atoms with van der Waals surface area (Å²) in [4.78, 5) is 25.8. The molecule has 1 fully saturated rings. The molecular weight excluding hydrogens is 468 g/mol. The van der Waals surface area contributed by atoms with Gasteiger partial charge in [-0.1, -0.05) is 72.4 Å². The van der Waals surface area contributed by atoms with Gasteiger partial charge in [0, 0.05) is 24.2 Å². The molecule has 3 aromatic carbocycles. The van der Waals surface area contributed by atoms with Gasteiger partial charge >= 0.3 is 0 Å². The first-order valence-corrected chi connectivity index (χ1v) is 13.1. The molecule has 0 radical (unpaired) electrons. The number of aromatic nitrogens is 2. The number of ether oxygens (including phenoxy) is 1. The van der Waals surface area contributed by atoms with Crippen LogP contribution in [-0.2, 0) is 16.1 Å². The lowest BCUT2D eigenvalue weighted by atomic mass is 10.1. The van der Waals surface area contributed by atoms with Gasteiger partial charge < -0.3 is 10.1 Å². The predicted octanol–water partition coefficient (Wildman–Crippen LogP) is 5.55. The molecule has 7 heteroatoms. The van der Waals surface area contributed by atoms with Crippen molar-refractivity contribution in [1.82, 2.24) is 14.9 Å². The molecule has 1 aliphatic rings. The number of fused-ring (bicyclic) bond motifs is 1. The highest BCUT2D eigenvalue weighted by atomic mass is 32.2.